The van der Waals surface area contributed by atoms with Crippen LogP contribution in [-0.4, -0.2) is 40.1 Å². The van der Waals surface area contributed by atoms with Crippen molar-refractivity contribution in [2.45, 2.75) is 65.1 Å². The second kappa shape index (κ2) is 6.89. The Balaban J connectivity index is 4.96. The number of nitrogens with two attached hydrogens (primary N) is 1. The van der Waals surface area contributed by atoms with Crippen molar-refractivity contribution in [3.05, 3.63) is 0 Å². The molecule has 0 radical (unpaired) electrons. The van der Waals surface area contributed by atoms with Crippen molar-refractivity contribution in [2.24, 2.45) is 11.7 Å². The highest BCUT2D eigenvalue weighted by Gasteiger charge is 2.42. The van der Waals surface area contributed by atoms with Gasteiger partial charge >= 0.3 is 11.9 Å². The molecule has 7 heteroatoms. The van der Waals surface area contributed by atoms with Crippen molar-refractivity contribution in [1.82, 2.24) is 5.32 Å². The van der Waals surface area contributed by atoms with Crippen LogP contribution in [0.15, 0.2) is 0 Å². The number of rotatable bonds is 6. The number of carbonyl (C=O) groups excluding carboxylic acids is 2. The van der Waals surface area contributed by atoms with E-state index in [0.717, 1.165) is 0 Å². The van der Waals surface area contributed by atoms with Crippen molar-refractivity contribution < 1.29 is 24.2 Å². The SMILES string of the molecule is CC(C)C[C@@H](NC(=O)[C@@](C)(N)C(=O)OC(C)(C)C)C(=O)O. The Morgan fingerprint density at radius 1 is 1.19 bits per heavy atom. The molecule has 0 aliphatic heterocycles. The van der Waals surface area contributed by atoms with Gasteiger partial charge < -0.3 is 20.9 Å². The number of esters is 1. The minimum absolute atomic E-state index is 0.0666. The van der Waals surface area contributed by atoms with E-state index < -0.39 is 35.0 Å². The summed E-state index contributed by atoms with van der Waals surface area (Å²) in [6.45, 7) is 9.81. The number of amides is 1. The van der Waals surface area contributed by atoms with Crippen LogP contribution in [0.1, 0.15) is 48.0 Å². The lowest BCUT2D eigenvalue weighted by Crippen LogP contribution is -2.61. The summed E-state index contributed by atoms with van der Waals surface area (Å²) < 4.78 is 5.07. The highest BCUT2D eigenvalue weighted by atomic mass is 16.6. The zero-order valence-electron chi connectivity index (χ0n) is 13.5. The lowest BCUT2D eigenvalue weighted by Gasteiger charge is -2.28. The van der Waals surface area contributed by atoms with Gasteiger partial charge in [0.05, 0.1) is 0 Å². The Labute approximate surface area is 125 Å². The number of carbonyl (C=O) groups is 3. The van der Waals surface area contributed by atoms with Gasteiger partial charge in [0, 0.05) is 0 Å². The van der Waals surface area contributed by atoms with Gasteiger partial charge in [0.15, 0.2) is 5.54 Å². The average Bonchev–Trinajstić information content (AvgIpc) is 2.24. The van der Waals surface area contributed by atoms with Crippen LogP contribution in [0.25, 0.3) is 0 Å². The molecule has 4 N–H and O–H groups in total. The largest absolute Gasteiger partial charge is 0.480 e. The smallest absolute Gasteiger partial charge is 0.336 e. The Hall–Kier alpha value is -1.63. The maximum atomic E-state index is 12.1. The van der Waals surface area contributed by atoms with Crippen molar-refractivity contribution in [3.8, 4) is 0 Å². The van der Waals surface area contributed by atoms with Crippen molar-refractivity contribution in [1.29, 1.82) is 0 Å². The van der Waals surface area contributed by atoms with Crippen LogP contribution in [0.4, 0.5) is 0 Å². The van der Waals surface area contributed by atoms with E-state index in [0.29, 0.717) is 0 Å². The Morgan fingerprint density at radius 3 is 2.00 bits per heavy atom. The third-order valence-corrected chi connectivity index (χ3v) is 2.61. The molecule has 122 valence electrons. The van der Waals surface area contributed by atoms with E-state index in [-0.39, 0.29) is 12.3 Å². The first-order valence-corrected chi connectivity index (χ1v) is 6.83. The van der Waals surface area contributed by atoms with Gasteiger partial charge in [-0.1, -0.05) is 13.8 Å². The van der Waals surface area contributed by atoms with Crippen LogP contribution in [0, 0.1) is 5.92 Å². The predicted octanol–water partition coefficient (Wildman–Crippen LogP) is 0.661. The van der Waals surface area contributed by atoms with E-state index in [4.69, 9.17) is 15.6 Å². The lowest BCUT2D eigenvalue weighted by atomic mass is 9.99. The van der Waals surface area contributed by atoms with Crippen LogP contribution >= 0.6 is 0 Å². The molecule has 0 saturated carbocycles. The van der Waals surface area contributed by atoms with Crippen LogP contribution in [-0.2, 0) is 19.1 Å². The maximum absolute atomic E-state index is 12.1. The number of carboxylic acids is 1. The number of ether oxygens (including phenoxy) is 1. The molecule has 7 nitrogen and oxygen atoms in total. The van der Waals surface area contributed by atoms with Gasteiger partial charge in [-0.25, -0.2) is 9.59 Å². The molecule has 0 aromatic rings. The van der Waals surface area contributed by atoms with Crippen LogP contribution in [0.3, 0.4) is 0 Å². The molecule has 21 heavy (non-hydrogen) atoms. The summed E-state index contributed by atoms with van der Waals surface area (Å²) in [5.41, 5.74) is 2.97. The molecular formula is C14H26N2O5. The molecule has 0 aromatic carbocycles. The summed E-state index contributed by atoms with van der Waals surface area (Å²) in [6, 6.07) is -1.09. The minimum atomic E-state index is -1.95. The molecule has 0 spiro atoms. The van der Waals surface area contributed by atoms with Crippen molar-refractivity contribution in [3.63, 3.8) is 0 Å². The summed E-state index contributed by atoms with van der Waals surface area (Å²) in [5, 5.41) is 11.4. The standard InChI is InChI=1S/C14H26N2O5/c1-8(2)7-9(10(17)18)16-11(19)14(6,15)12(20)21-13(3,4)5/h8-9H,7,15H2,1-6H3,(H,16,19)(H,17,18)/t9-,14-/m1/s1. The fourth-order valence-corrected chi connectivity index (χ4v) is 1.48. The molecule has 0 aromatic heterocycles. The van der Waals surface area contributed by atoms with E-state index in [2.05, 4.69) is 5.32 Å². The predicted molar refractivity (Wildman–Crippen MR) is 77.5 cm³/mol. The molecule has 0 rings (SSSR count). The third-order valence-electron chi connectivity index (χ3n) is 2.61. The zero-order chi connectivity index (χ0) is 17.0. The zero-order valence-corrected chi connectivity index (χ0v) is 13.5. The number of aliphatic carboxylic acids is 1. The quantitative estimate of drug-likeness (QED) is 0.490. The summed E-state index contributed by atoms with van der Waals surface area (Å²) in [6.07, 6.45) is 0.242. The van der Waals surface area contributed by atoms with Gasteiger partial charge in [-0.15, -0.1) is 0 Å². The molecule has 1 amide bonds. The van der Waals surface area contributed by atoms with Gasteiger partial charge in [0.25, 0.3) is 5.91 Å². The van der Waals surface area contributed by atoms with Crippen LogP contribution < -0.4 is 11.1 Å². The normalized spacial score (nSPS) is 16.0. The summed E-state index contributed by atoms with van der Waals surface area (Å²) in [7, 11) is 0. The topological polar surface area (TPSA) is 119 Å². The molecule has 0 heterocycles. The first kappa shape index (κ1) is 19.4. The highest BCUT2D eigenvalue weighted by Crippen LogP contribution is 2.14. The fraction of sp³-hybridized carbons (Fsp3) is 0.786. The van der Waals surface area contributed by atoms with Gasteiger partial charge in [0.1, 0.15) is 11.6 Å². The summed E-state index contributed by atoms with van der Waals surface area (Å²) in [5.74, 6) is -2.88. The number of nitrogens with one attached hydrogen (secondary N) is 1. The van der Waals surface area contributed by atoms with Crippen molar-refractivity contribution in [2.75, 3.05) is 0 Å². The fourth-order valence-electron chi connectivity index (χ4n) is 1.48. The molecule has 0 saturated heterocycles. The molecule has 0 unspecified atom stereocenters. The molecule has 2 atom stereocenters. The Kier molecular flexibility index (Phi) is 6.35. The number of carboxylic acid groups (broad SMARTS) is 1. The monoisotopic (exact) mass is 302 g/mol. The van der Waals surface area contributed by atoms with E-state index in [1.165, 1.54) is 6.92 Å². The first-order valence-electron chi connectivity index (χ1n) is 6.83. The number of hydrogen-bond donors (Lipinski definition) is 3. The minimum Gasteiger partial charge on any atom is -0.480 e. The maximum Gasteiger partial charge on any atom is 0.336 e. The van der Waals surface area contributed by atoms with Gasteiger partial charge in [-0.2, -0.15) is 0 Å². The van der Waals surface area contributed by atoms with Gasteiger partial charge in [-0.3, -0.25) is 4.79 Å². The second-order valence-electron chi connectivity index (χ2n) is 6.70. The van der Waals surface area contributed by atoms with Crippen molar-refractivity contribution >= 4 is 17.8 Å². The van der Waals surface area contributed by atoms with E-state index >= 15 is 0 Å². The average molecular weight is 302 g/mol. The van der Waals surface area contributed by atoms with E-state index in [9.17, 15) is 14.4 Å². The van der Waals surface area contributed by atoms with E-state index in [1.807, 2.05) is 13.8 Å². The van der Waals surface area contributed by atoms with E-state index in [1.54, 1.807) is 20.8 Å². The Bertz CT molecular complexity index is 410. The van der Waals surface area contributed by atoms with Gasteiger partial charge in [-0.05, 0) is 40.0 Å². The Morgan fingerprint density at radius 2 is 1.67 bits per heavy atom. The summed E-state index contributed by atoms with van der Waals surface area (Å²) in [4.78, 5) is 35.2. The number of hydrogen-bond acceptors (Lipinski definition) is 5. The van der Waals surface area contributed by atoms with Gasteiger partial charge in [0.2, 0.25) is 0 Å². The second-order valence-corrected chi connectivity index (χ2v) is 6.70. The highest BCUT2D eigenvalue weighted by molar-refractivity contribution is 6.07. The molecular weight excluding hydrogens is 276 g/mol. The molecule has 0 aliphatic rings. The first-order chi connectivity index (χ1) is 9.27. The molecule has 0 fully saturated rings. The molecule has 0 bridgehead atoms. The molecule has 0 aliphatic carbocycles. The van der Waals surface area contributed by atoms with Crippen LogP contribution in [0.5, 0.6) is 0 Å². The third kappa shape index (κ3) is 6.57. The summed E-state index contributed by atoms with van der Waals surface area (Å²) >= 11 is 0. The lowest BCUT2D eigenvalue weighted by molar-refractivity contribution is -0.164. The van der Waals surface area contributed by atoms with Crippen LogP contribution in [0.2, 0.25) is 0 Å².